The molecule has 1 aromatic carbocycles. The maximum Gasteiger partial charge on any atom is 0.276 e. The highest BCUT2D eigenvalue weighted by Gasteiger charge is 2.18. The van der Waals surface area contributed by atoms with Crippen LogP contribution in [0, 0.1) is 12.8 Å². The van der Waals surface area contributed by atoms with E-state index in [4.69, 9.17) is 0 Å². The number of rotatable bonds is 4. The third-order valence-corrected chi connectivity index (χ3v) is 3.68. The maximum atomic E-state index is 12.3. The first-order valence-electron chi connectivity index (χ1n) is 7.37. The van der Waals surface area contributed by atoms with Gasteiger partial charge in [0.15, 0.2) is 5.69 Å². The molecule has 0 saturated carbocycles. The standard InChI is InChI=1S/C17H21N3O2/c1-11(2)13(4)18-17(22)16-15(21)10-12(3)20(19-16)14-8-6-5-7-9-14/h5-11,13H,1-4H3,(H,18,22). The van der Waals surface area contributed by atoms with Gasteiger partial charge in [0, 0.05) is 17.8 Å². The van der Waals surface area contributed by atoms with E-state index in [9.17, 15) is 9.59 Å². The van der Waals surface area contributed by atoms with E-state index in [1.54, 1.807) is 11.6 Å². The Balaban J connectivity index is 2.41. The number of hydrogen-bond donors (Lipinski definition) is 1. The second-order valence-corrected chi connectivity index (χ2v) is 5.75. The molecule has 2 aromatic rings. The van der Waals surface area contributed by atoms with E-state index in [0.29, 0.717) is 5.69 Å². The number of hydrogen-bond acceptors (Lipinski definition) is 3. The van der Waals surface area contributed by atoms with Gasteiger partial charge in [0.2, 0.25) is 5.43 Å². The molecule has 0 spiro atoms. The number of aromatic nitrogens is 2. The molecule has 5 heteroatoms. The molecule has 0 bridgehead atoms. The Morgan fingerprint density at radius 2 is 1.82 bits per heavy atom. The van der Waals surface area contributed by atoms with E-state index in [1.807, 2.05) is 51.1 Å². The van der Waals surface area contributed by atoms with Crippen molar-refractivity contribution in [2.75, 3.05) is 0 Å². The SMILES string of the molecule is Cc1cc(=O)c(C(=O)NC(C)C(C)C)nn1-c1ccccc1. The summed E-state index contributed by atoms with van der Waals surface area (Å²) >= 11 is 0. The number of nitrogens with zero attached hydrogens (tertiary/aromatic N) is 2. The normalized spacial score (nSPS) is 12.2. The van der Waals surface area contributed by atoms with Gasteiger partial charge in [0.25, 0.3) is 5.91 Å². The van der Waals surface area contributed by atoms with E-state index < -0.39 is 5.91 Å². The van der Waals surface area contributed by atoms with Gasteiger partial charge in [-0.25, -0.2) is 4.68 Å². The Bertz CT molecular complexity index is 720. The Morgan fingerprint density at radius 3 is 2.41 bits per heavy atom. The summed E-state index contributed by atoms with van der Waals surface area (Å²) in [6.07, 6.45) is 0. The van der Waals surface area contributed by atoms with Crippen LogP contribution in [0.2, 0.25) is 0 Å². The van der Waals surface area contributed by atoms with Crippen molar-refractivity contribution in [2.45, 2.75) is 33.7 Å². The van der Waals surface area contributed by atoms with Crippen molar-refractivity contribution in [1.29, 1.82) is 0 Å². The summed E-state index contributed by atoms with van der Waals surface area (Å²) in [5.74, 6) is -0.151. The maximum absolute atomic E-state index is 12.3. The van der Waals surface area contributed by atoms with Gasteiger partial charge in [-0.05, 0) is 31.9 Å². The smallest absolute Gasteiger partial charge is 0.276 e. The average molecular weight is 299 g/mol. The molecule has 1 N–H and O–H groups in total. The van der Waals surface area contributed by atoms with Crippen LogP contribution in [-0.2, 0) is 0 Å². The minimum atomic E-state index is -0.434. The van der Waals surface area contributed by atoms with Gasteiger partial charge in [-0.15, -0.1) is 0 Å². The average Bonchev–Trinajstić information content (AvgIpc) is 2.47. The molecule has 1 aromatic heterocycles. The quantitative estimate of drug-likeness (QED) is 0.942. The first-order valence-corrected chi connectivity index (χ1v) is 7.37. The van der Waals surface area contributed by atoms with Gasteiger partial charge in [0.05, 0.1) is 5.69 Å². The lowest BCUT2D eigenvalue weighted by Gasteiger charge is -2.17. The lowest BCUT2D eigenvalue weighted by Crippen LogP contribution is -2.39. The summed E-state index contributed by atoms with van der Waals surface area (Å²) in [6.45, 7) is 7.72. The molecule has 0 fully saturated rings. The van der Waals surface area contributed by atoms with E-state index in [2.05, 4.69) is 10.4 Å². The predicted molar refractivity (Wildman–Crippen MR) is 86.3 cm³/mol. The Hall–Kier alpha value is -2.43. The first kappa shape index (κ1) is 15.9. The summed E-state index contributed by atoms with van der Waals surface area (Å²) in [7, 11) is 0. The lowest BCUT2D eigenvalue weighted by molar-refractivity contribution is 0.0922. The molecule has 1 amide bonds. The fraction of sp³-hybridized carbons (Fsp3) is 0.353. The van der Waals surface area contributed by atoms with E-state index in [-0.39, 0.29) is 23.1 Å². The molecule has 22 heavy (non-hydrogen) atoms. The molecule has 0 aliphatic rings. The molecule has 1 unspecified atom stereocenters. The van der Waals surface area contributed by atoms with Crippen molar-refractivity contribution in [3.63, 3.8) is 0 Å². The van der Waals surface area contributed by atoms with Crippen LogP contribution < -0.4 is 10.7 Å². The van der Waals surface area contributed by atoms with E-state index >= 15 is 0 Å². The van der Waals surface area contributed by atoms with Gasteiger partial charge in [0.1, 0.15) is 0 Å². The van der Waals surface area contributed by atoms with E-state index in [0.717, 1.165) is 5.69 Å². The molecule has 0 aliphatic carbocycles. The molecule has 116 valence electrons. The first-order chi connectivity index (χ1) is 10.4. The van der Waals surface area contributed by atoms with Crippen LogP contribution in [0.4, 0.5) is 0 Å². The number of para-hydroxylation sites is 1. The van der Waals surface area contributed by atoms with Crippen molar-refractivity contribution in [2.24, 2.45) is 5.92 Å². The monoisotopic (exact) mass is 299 g/mol. The van der Waals surface area contributed by atoms with Gasteiger partial charge in [-0.3, -0.25) is 9.59 Å². The van der Waals surface area contributed by atoms with Gasteiger partial charge in [-0.2, -0.15) is 5.10 Å². The Kier molecular flexibility index (Phi) is 4.75. The number of benzene rings is 1. The number of aryl methyl sites for hydroxylation is 1. The molecule has 1 heterocycles. The minimum absolute atomic E-state index is 0.0276. The zero-order valence-electron chi connectivity index (χ0n) is 13.3. The molecule has 1 atom stereocenters. The molecular weight excluding hydrogens is 278 g/mol. The zero-order chi connectivity index (χ0) is 16.3. The van der Waals surface area contributed by atoms with Crippen LogP contribution in [0.3, 0.4) is 0 Å². The topological polar surface area (TPSA) is 64.0 Å². The molecular formula is C17H21N3O2. The van der Waals surface area contributed by atoms with Crippen LogP contribution in [0.25, 0.3) is 5.69 Å². The summed E-state index contributed by atoms with van der Waals surface area (Å²) in [5.41, 5.74) is 1.05. The second kappa shape index (κ2) is 6.56. The molecule has 0 saturated heterocycles. The fourth-order valence-corrected chi connectivity index (χ4v) is 1.98. The van der Waals surface area contributed by atoms with E-state index in [1.165, 1.54) is 6.07 Å². The van der Waals surface area contributed by atoms with Crippen molar-refractivity contribution in [3.05, 3.63) is 58.0 Å². The summed E-state index contributed by atoms with van der Waals surface area (Å²) in [4.78, 5) is 24.4. The van der Waals surface area contributed by atoms with Crippen LogP contribution in [0.5, 0.6) is 0 Å². The van der Waals surface area contributed by atoms with Crippen molar-refractivity contribution in [3.8, 4) is 5.69 Å². The minimum Gasteiger partial charge on any atom is -0.348 e. The molecule has 0 aliphatic heterocycles. The number of amides is 1. The largest absolute Gasteiger partial charge is 0.348 e. The summed E-state index contributed by atoms with van der Waals surface area (Å²) in [6, 6.07) is 10.8. The van der Waals surface area contributed by atoms with Crippen LogP contribution in [0.15, 0.2) is 41.2 Å². The Morgan fingerprint density at radius 1 is 1.18 bits per heavy atom. The number of carbonyl (C=O) groups is 1. The number of nitrogens with one attached hydrogen (secondary N) is 1. The molecule has 0 radical (unpaired) electrons. The lowest BCUT2D eigenvalue weighted by atomic mass is 10.1. The van der Waals surface area contributed by atoms with Gasteiger partial charge < -0.3 is 5.32 Å². The third kappa shape index (κ3) is 3.42. The fourth-order valence-electron chi connectivity index (χ4n) is 1.98. The summed E-state index contributed by atoms with van der Waals surface area (Å²) in [5, 5.41) is 7.07. The van der Waals surface area contributed by atoms with Crippen LogP contribution in [0.1, 0.15) is 37.0 Å². The van der Waals surface area contributed by atoms with Gasteiger partial charge >= 0.3 is 0 Å². The highest BCUT2D eigenvalue weighted by atomic mass is 16.2. The van der Waals surface area contributed by atoms with Crippen molar-refractivity contribution in [1.82, 2.24) is 15.1 Å². The zero-order valence-corrected chi connectivity index (χ0v) is 13.3. The van der Waals surface area contributed by atoms with Crippen molar-refractivity contribution < 1.29 is 4.79 Å². The second-order valence-electron chi connectivity index (χ2n) is 5.75. The third-order valence-electron chi connectivity index (χ3n) is 3.68. The van der Waals surface area contributed by atoms with Crippen LogP contribution >= 0.6 is 0 Å². The highest BCUT2D eigenvalue weighted by Crippen LogP contribution is 2.08. The number of carbonyl (C=O) groups excluding carboxylic acids is 1. The van der Waals surface area contributed by atoms with Gasteiger partial charge in [-0.1, -0.05) is 32.0 Å². The summed E-state index contributed by atoms with van der Waals surface area (Å²) < 4.78 is 1.61. The molecule has 5 nitrogen and oxygen atoms in total. The predicted octanol–water partition coefficient (Wildman–Crippen LogP) is 2.32. The molecule has 2 rings (SSSR count). The van der Waals surface area contributed by atoms with Crippen LogP contribution in [-0.4, -0.2) is 21.7 Å². The van der Waals surface area contributed by atoms with Crippen molar-refractivity contribution >= 4 is 5.91 Å². The Labute approximate surface area is 130 Å². The highest BCUT2D eigenvalue weighted by molar-refractivity contribution is 5.92.